The molecule has 112 valence electrons. The molecule has 5 heteroatoms. The topological polar surface area (TPSA) is 59.9 Å². The maximum atomic E-state index is 5.33. The van der Waals surface area contributed by atoms with E-state index in [1.165, 1.54) is 0 Å². The van der Waals surface area contributed by atoms with Crippen molar-refractivity contribution in [1.82, 2.24) is 15.0 Å². The summed E-state index contributed by atoms with van der Waals surface area (Å²) < 4.78 is 5.33. The lowest BCUT2D eigenvalue weighted by molar-refractivity contribution is 0.411. The van der Waals surface area contributed by atoms with Crippen LogP contribution in [0.3, 0.4) is 0 Å². The highest BCUT2D eigenvalue weighted by Crippen LogP contribution is 2.25. The zero-order valence-electron chi connectivity index (χ0n) is 13.0. The van der Waals surface area contributed by atoms with E-state index in [0.717, 1.165) is 12.1 Å². The summed E-state index contributed by atoms with van der Waals surface area (Å²) in [6.45, 7) is 6.55. The number of nitrogens with one attached hydrogen (secondary N) is 1. The summed E-state index contributed by atoms with van der Waals surface area (Å²) in [7, 11) is 1.62. The molecule has 0 aliphatic heterocycles. The van der Waals surface area contributed by atoms with Gasteiger partial charge < -0.3 is 10.1 Å². The van der Waals surface area contributed by atoms with Gasteiger partial charge in [-0.2, -0.15) is 0 Å². The van der Waals surface area contributed by atoms with Crippen molar-refractivity contribution in [2.24, 2.45) is 5.92 Å². The maximum Gasteiger partial charge on any atom is 0.180 e. The average Bonchev–Trinajstić information content (AvgIpc) is 2.47. The Morgan fingerprint density at radius 1 is 1.19 bits per heavy atom. The number of hydrogen-bond donors (Lipinski definition) is 1. The third-order valence-electron chi connectivity index (χ3n) is 3.08. The van der Waals surface area contributed by atoms with E-state index in [4.69, 9.17) is 4.74 Å². The SMILES string of the molecule is COc1cnc(-c2ccccn2)nc1NC(C)CC(C)C. The first-order valence-electron chi connectivity index (χ1n) is 7.19. The number of nitrogens with zero attached hydrogens (tertiary/aromatic N) is 3. The first kappa shape index (κ1) is 15.2. The molecule has 0 fully saturated rings. The van der Waals surface area contributed by atoms with Crippen LogP contribution < -0.4 is 10.1 Å². The highest BCUT2D eigenvalue weighted by Gasteiger charge is 2.13. The van der Waals surface area contributed by atoms with Crippen LogP contribution in [-0.2, 0) is 0 Å². The van der Waals surface area contributed by atoms with Crippen molar-refractivity contribution in [2.45, 2.75) is 33.2 Å². The molecular formula is C16H22N4O. The molecule has 0 bridgehead atoms. The second-order valence-electron chi connectivity index (χ2n) is 5.50. The Labute approximate surface area is 125 Å². The normalized spacial score (nSPS) is 12.2. The number of aromatic nitrogens is 3. The standard InChI is InChI=1S/C16H22N4O/c1-11(2)9-12(3)19-16-14(21-4)10-18-15(20-16)13-7-5-6-8-17-13/h5-8,10-12H,9H2,1-4H3,(H,18,19,20). The summed E-state index contributed by atoms with van der Waals surface area (Å²) in [5.41, 5.74) is 0.750. The van der Waals surface area contributed by atoms with E-state index < -0.39 is 0 Å². The van der Waals surface area contributed by atoms with Crippen LogP contribution in [0.1, 0.15) is 27.2 Å². The van der Waals surface area contributed by atoms with Gasteiger partial charge in [0.05, 0.1) is 13.3 Å². The number of methoxy groups -OCH3 is 1. The summed E-state index contributed by atoms with van der Waals surface area (Å²) in [5, 5.41) is 3.40. The first-order chi connectivity index (χ1) is 10.1. The molecular weight excluding hydrogens is 264 g/mol. The third-order valence-corrected chi connectivity index (χ3v) is 3.08. The fourth-order valence-electron chi connectivity index (χ4n) is 2.24. The minimum atomic E-state index is 0.311. The van der Waals surface area contributed by atoms with Gasteiger partial charge in [-0.05, 0) is 31.4 Å². The molecule has 0 aliphatic rings. The van der Waals surface area contributed by atoms with Gasteiger partial charge in [0.25, 0.3) is 0 Å². The average molecular weight is 286 g/mol. The lowest BCUT2D eigenvalue weighted by Crippen LogP contribution is -2.19. The molecule has 5 nitrogen and oxygen atoms in total. The van der Waals surface area contributed by atoms with E-state index in [0.29, 0.717) is 29.4 Å². The Kier molecular flexibility index (Phi) is 5.09. The predicted molar refractivity (Wildman–Crippen MR) is 84.4 cm³/mol. The van der Waals surface area contributed by atoms with E-state index in [-0.39, 0.29) is 0 Å². The van der Waals surface area contributed by atoms with Crippen molar-refractivity contribution in [2.75, 3.05) is 12.4 Å². The molecule has 2 aromatic rings. The van der Waals surface area contributed by atoms with E-state index in [9.17, 15) is 0 Å². The maximum absolute atomic E-state index is 5.33. The van der Waals surface area contributed by atoms with Gasteiger partial charge >= 0.3 is 0 Å². The molecule has 0 saturated heterocycles. The molecule has 1 unspecified atom stereocenters. The lowest BCUT2D eigenvalue weighted by atomic mass is 10.1. The van der Waals surface area contributed by atoms with Crippen molar-refractivity contribution >= 4 is 5.82 Å². The van der Waals surface area contributed by atoms with Crippen LogP contribution in [-0.4, -0.2) is 28.1 Å². The Hall–Kier alpha value is -2.17. The third kappa shape index (κ3) is 4.15. The van der Waals surface area contributed by atoms with Crippen molar-refractivity contribution in [3.05, 3.63) is 30.6 Å². The molecule has 0 spiro atoms. The van der Waals surface area contributed by atoms with Crippen LogP contribution in [0.2, 0.25) is 0 Å². The minimum Gasteiger partial charge on any atom is -0.491 e. The smallest absolute Gasteiger partial charge is 0.180 e. The molecule has 0 amide bonds. The van der Waals surface area contributed by atoms with Crippen molar-refractivity contribution in [1.29, 1.82) is 0 Å². The fourth-order valence-corrected chi connectivity index (χ4v) is 2.24. The number of anilines is 1. The van der Waals surface area contributed by atoms with Crippen molar-refractivity contribution in [3.63, 3.8) is 0 Å². The minimum absolute atomic E-state index is 0.311. The first-order valence-corrected chi connectivity index (χ1v) is 7.19. The lowest BCUT2D eigenvalue weighted by Gasteiger charge is -2.18. The van der Waals surface area contributed by atoms with Gasteiger partial charge in [-0.15, -0.1) is 0 Å². The van der Waals surface area contributed by atoms with Gasteiger partial charge in [0.1, 0.15) is 5.69 Å². The van der Waals surface area contributed by atoms with E-state index in [1.807, 2.05) is 18.2 Å². The molecule has 2 heterocycles. The van der Waals surface area contributed by atoms with Crippen LogP contribution in [0.5, 0.6) is 5.75 Å². The zero-order valence-corrected chi connectivity index (χ0v) is 13.0. The second-order valence-corrected chi connectivity index (χ2v) is 5.50. The Morgan fingerprint density at radius 2 is 2.00 bits per heavy atom. The number of rotatable bonds is 6. The van der Waals surface area contributed by atoms with E-state index in [2.05, 4.69) is 41.0 Å². The van der Waals surface area contributed by atoms with E-state index in [1.54, 1.807) is 19.5 Å². The van der Waals surface area contributed by atoms with Gasteiger partial charge in [-0.25, -0.2) is 9.97 Å². The largest absolute Gasteiger partial charge is 0.491 e. The zero-order chi connectivity index (χ0) is 15.2. The summed E-state index contributed by atoms with van der Waals surface area (Å²) in [4.78, 5) is 13.1. The highest BCUT2D eigenvalue weighted by atomic mass is 16.5. The van der Waals surface area contributed by atoms with Gasteiger partial charge in [0.15, 0.2) is 17.4 Å². The molecule has 21 heavy (non-hydrogen) atoms. The molecule has 0 radical (unpaired) electrons. The van der Waals surface area contributed by atoms with Crippen molar-refractivity contribution in [3.8, 4) is 17.3 Å². The van der Waals surface area contributed by atoms with Crippen LogP contribution in [0.25, 0.3) is 11.5 Å². The Morgan fingerprint density at radius 3 is 2.62 bits per heavy atom. The van der Waals surface area contributed by atoms with Gasteiger partial charge in [0, 0.05) is 12.2 Å². The Bertz CT molecular complexity index is 572. The van der Waals surface area contributed by atoms with Crippen LogP contribution in [0.15, 0.2) is 30.6 Å². The number of pyridine rings is 1. The number of hydrogen-bond acceptors (Lipinski definition) is 5. The van der Waals surface area contributed by atoms with Crippen LogP contribution >= 0.6 is 0 Å². The fraction of sp³-hybridized carbons (Fsp3) is 0.438. The van der Waals surface area contributed by atoms with Gasteiger partial charge in [0.2, 0.25) is 0 Å². The summed E-state index contributed by atoms with van der Waals surface area (Å²) >= 11 is 0. The van der Waals surface area contributed by atoms with Gasteiger partial charge in [-0.3, -0.25) is 4.98 Å². The quantitative estimate of drug-likeness (QED) is 0.882. The summed E-state index contributed by atoms with van der Waals surface area (Å²) in [6.07, 6.45) is 4.48. The van der Waals surface area contributed by atoms with Crippen LogP contribution in [0, 0.1) is 5.92 Å². The van der Waals surface area contributed by atoms with Gasteiger partial charge in [-0.1, -0.05) is 19.9 Å². The number of ether oxygens (including phenoxy) is 1. The molecule has 1 N–H and O–H groups in total. The molecule has 2 rings (SSSR count). The second kappa shape index (κ2) is 7.02. The van der Waals surface area contributed by atoms with Crippen molar-refractivity contribution < 1.29 is 4.74 Å². The predicted octanol–water partition coefficient (Wildman–Crippen LogP) is 3.39. The van der Waals surface area contributed by atoms with Crippen LogP contribution in [0.4, 0.5) is 5.82 Å². The summed E-state index contributed by atoms with van der Waals surface area (Å²) in [6, 6.07) is 6.00. The molecule has 1 atom stereocenters. The monoisotopic (exact) mass is 286 g/mol. The highest BCUT2D eigenvalue weighted by molar-refractivity contribution is 5.57. The molecule has 0 aromatic carbocycles. The molecule has 0 aliphatic carbocycles. The Balaban J connectivity index is 2.26. The summed E-state index contributed by atoms with van der Waals surface area (Å²) in [5.74, 6) is 2.57. The van der Waals surface area contributed by atoms with E-state index >= 15 is 0 Å². The molecule has 0 saturated carbocycles. The molecule has 2 aromatic heterocycles.